The predicted molar refractivity (Wildman–Crippen MR) is 75.0 cm³/mol. The van der Waals surface area contributed by atoms with Gasteiger partial charge in [0.05, 0.1) is 17.8 Å². The molecular weight excluding hydrogens is 274 g/mol. The standard InChI is InChI=1S/C13H19N5O3/c1-7-9(8(2)17(5)15-7)11-10(12(19)20)14-16-18(11)6-13(3,4)21/h21H,6H2,1-5H3,(H,19,20). The molecule has 2 aromatic rings. The molecule has 2 N–H and O–H groups in total. The van der Waals surface area contributed by atoms with Gasteiger partial charge in [-0.3, -0.25) is 4.68 Å². The van der Waals surface area contributed by atoms with Crippen LogP contribution in [-0.2, 0) is 13.6 Å². The molecular formula is C13H19N5O3. The minimum atomic E-state index is -1.16. The van der Waals surface area contributed by atoms with Crippen molar-refractivity contribution in [2.45, 2.75) is 39.8 Å². The minimum Gasteiger partial charge on any atom is -0.476 e. The molecule has 0 fully saturated rings. The molecule has 0 unspecified atom stereocenters. The average molecular weight is 293 g/mol. The summed E-state index contributed by atoms with van der Waals surface area (Å²) in [5.74, 6) is -1.16. The number of aryl methyl sites for hydroxylation is 2. The van der Waals surface area contributed by atoms with Crippen molar-refractivity contribution < 1.29 is 15.0 Å². The maximum Gasteiger partial charge on any atom is 0.358 e. The number of aromatic carboxylic acids is 1. The van der Waals surface area contributed by atoms with E-state index in [4.69, 9.17) is 0 Å². The van der Waals surface area contributed by atoms with Gasteiger partial charge in [-0.2, -0.15) is 5.10 Å². The molecule has 2 rings (SSSR count). The van der Waals surface area contributed by atoms with Crippen LogP contribution >= 0.6 is 0 Å². The second kappa shape index (κ2) is 4.96. The summed E-state index contributed by atoms with van der Waals surface area (Å²) in [5.41, 5.74) is 1.38. The molecule has 0 aliphatic carbocycles. The van der Waals surface area contributed by atoms with E-state index in [0.29, 0.717) is 17.0 Å². The molecule has 0 aliphatic heterocycles. The van der Waals surface area contributed by atoms with Gasteiger partial charge in [0.15, 0.2) is 5.69 Å². The van der Waals surface area contributed by atoms with E-state index in [-0.39, 0.29) is 12.2 Å². The van der Waals surface area contributed by atoms with Crippen molar-refractivity contribution in [3.05, 3.63) is 17.1 Å². The number of aliphatic hydroxyl groups is 1. The van der Waals surface area contributed by atoms with Gasteiger partial charge in [-0.05, 0) is 27.7 Å². The number of rotatable bonds is 4. The van der Waals surface area contributed by atoms with Gasteiger partial charge in [-0.15, -0.1) is 5.10 Å². The van der Waals surface area contributed by atoms with Crippen LogP contribution in [0.15, 0.2) is 0 Å². The Bertz CT molecular complexity index is 693. The van der Waals surface area contributed by atoms with Crippen molar-refractivity contribution in [1.82, 2.24) is 24.8 Å². The first-order valence-electron chi connectivity index (χ1n) is 6.51. The molecule has 2 heterocycles. The molecule has 0 radical (unpaired) electrons. The van der Waals surface area contributed by atoms with Gasteiger partial charge in [0, 0.05) is 18.3 Å². The van der Waals surface area contributed by atoms with Gasteiger partial charge in [0.2, 0.25) is 0 Å². The second-order valence-electron chi connectivity index (χ2n) is 5.73. The lowest BCUT2D eigenvalue weighted by atomic mass is 10.1. The maximum absolute atomic E-state index is 11.4. The Labute approximate surface area is 122 Å². The SMILES string of the molecule is Cc1nn(C)c(C)c1-c1c(C(=O)O)nnn1CC(C)(C)O. The second-order valence-corrected chi connectivity index (χ2v) is 5.73. The third-order valence-corrected chi connectivity index (χ3v) is 3.22. The van der Waals surface area contributed by atoms with Crippen LogP contribution in [0.25, 0.3) is 11.3 Å². The predicted octanol–water partition coefficient (Wildman–Crippen LogP) is 0.765. The minimum absolute atomic E-state index is 0.135. The molecule has 0 saturated carbocycles. The maximum atomic E-state index is 11.4. The summed E-state index contributed by atoms with van der Waals surface area (Å²) in [7, 11) is 1.79. The van der Waals surface area contributed by atoms with Crippen molar-refractivity contribution >= 4 is 5.97 Å². The molecule has 21 heavy (non-hydrogen) atoms. The number of carboxylic acids is 1. The molecule has 0 spiro atoms. The van der Waals surface area contributed by atoms with E-state index >= 15 is 0 Å². The van der Waals surface area contributed by atoms with Gasteiger partial charge in [-0.25, -0.2) is 9.48 Å². The Hall–Kier alpha value is -2.22. The van der Waals surface area contributed by atoms with E-state index in [1.807, 2.05) is 6.92 Å². The summed E-state index contributed by atoms with van der Waals surface area (Å²) in [6.45, 7) is 7.04. The first-order valence-corrected chi connectivity index (χ1v) is 6.51. The molecule has 0 saturated heterocycles. The van der Waals surface area contributed by atoms with E-state index in [1.54, 1.807) is 32.5 Å². The van der Waals surface area contributed by atoms with Gasteiger partial charge in [0.25, 0.3) is 0 Å². The third kappa shape index (κ3) is 2.80. The van der Waals surface area contributed by atoms with Crippen molar-refractivity contribution in [2.75, 3.05) is 0 Å². The summed E-state index contributed by atoms with van der Waals surface area (Å²) in [6, 6.07) is 0. The molecule has 114 valence electrons. The topological polar surface area (TPSA) is 106 Å². The Balaban J connectivity index is 2.70. The fourth-order valence-corrected chi connectivity index (χ4v) is 2.30. The summed E-state index contributed by atoms with van der Waals surface area (Å²) >= 11 is 0. The van der Waals surface area contributed by atoms with Crippen molar-refractivity contribution in [2.24, 2.45) is 7.05 Å². The molecule has 0 aromatic carbocycles. The molecule has 2 aromatic heterocycles. The van der Waals surface area contributed by atoms with Gasteiger partial charge in [-0.1, -0.05) is 5.21 Å². The Morgan fingerprint density at radius 1 is 1.33 bits per heavy atom. The van der Waals surface area contributed by atoms with Crippen molar-refractivity contribution in [3.8, 4) is 11.3 Å². The van der Waals surface area contributed by atoms with E-state index in [0.717, 1.165) is 5.69 Å². The Kier molecular flexibility index (Phi) is 3.58. The van der Waals surface area contributed by atoms with Crippen LogP contribution < -0.4 is 0 Å². The van der Waals surface area contributed by atoms with E-state index in [2.05, 4.69) is 15.4 Å². The first kappa shape index (κ1) is 15.2. The highest BCUT2D eigenvalue weighted by Gasteiger charge is 2.27. The van der Waals surface area contributed by atoms with Gasteiger partial charge >= 0.3 is 5.97 Å². The number of nitrogens with zero attached hydrogens (tertiary/aromatic N) is 5. The van der Waals surface area contributed by atoms with Crippen molar-refractivity contribution in [1.29, 1.82) is 0 Å². The van der Waals surface area contributed by atoms with Crippen LogP contribution in [0.2, 0.25) is 0 Å². The number of hydrogen-bond donors (Lipinski definition) is 2. The Morgan fingerprint density at radius 2 is 1.95 bits per heavy atom. The average Bonchev–Trinajstić information content (AvgIpc) is 2.80. The lowest BCUT2D eigenvalue weighted by Crippen LogP contribution is -2.27. The summed E-state index contributed by atoms with van der Waals surface area (Å²) in [4.78, 5) is 11.4. The van der Waals surface area contributed by atoms with E-state index in [1.165, 1.54) is 4.68 Å². The zero-order valence-corrected chi connectivity index (χ0v) is 12.7. The lowest BCUT2D eigenvalue weighted by Gasteiger charge is -2.18. The molecule has 0 amide bonds. The quantitative estimate of drug-likeness (QED) is 0.862. The molecule has 0 atom stereocenters. The van der Waals surface area contributed by atoms with Crippen LogP contribution in [0.5, 0.6) is 0 Å². The molecule has 8 heteroatoms. The zero-order chi connectivity index (χ0) is 15.9. The molecule has 8 nitrogen and oxygen atoms in total. The van der Waals surface area contributed by atoms with Crippen molar-refractivity contribution in [3.63, 3.8) is 0 Å². The van der Waals surface area contributed by atoms with Crippen LogP contribution in [0, 0.1) is 13.8 Å². The van der Waals surface area contributed by atoms with Gasteiger partial charge in [0.1, 0.15) is 5.69 Å². The summed E-state index contributed by atoms with van der Waals surface area (Å²) in [5, 5.41) is 31.2. The zero-order valence-electron chi connectivity index (χ0n) is 12.7. The number of carboxylic acid groups (broad SMARTS) is 1. The van der Waals surface area contributed by atoms with E-state index in [9.17, 15) is 15.0 Å². The summed E-state index contributed by atoms with van der Waals surface area (Å²) in [6.07, 6.45) is 0. The third-order valence-electron chi connectivity index (χ3n) is 3.22. The number of carbonyl (C=O) groups is 1. The highest BCUT2D eigenvalue weighted by atomic mass is 16.4. The first-order chi connectivity index (χ1) is 9.61. The summed E-state index contributed by atoms with van der Waals surface area (Å²) < 4.78 is 3.10. The normalized spacial score (nSPS) is 11.9. The monoisotopic (exact) mass is 293 g/mol. The largest absolute Gasteiger partial charge is 0.476 e. The fraction of sp³-hybridized carbons (Fsp3) is 0.538. The van der Waals surface area contributed by atoms with Crippen LogP contribution in [0.4, 0.5) is 0 Å². The van der Waals surface area contributed by atoms with Crippen LogP contribution in [0.3, 0.4) is 0 Å². The van der Waals surface area contributed by atoms with Crippen LogP contribution in [0.1, 0.15) is 35.7 Å². The lowest BCUT2D eigenvalue weighted by molar-refractivity contribution is 0.0575. The molecule has 0 bridgehead atoms. The number of aromatic nitrogens is 5. The smallest absolute Gasteiger partial charge is 0.358 e. The molecule has 0 aliphatic rings. The fourth-order valence-electron chi connectivity index (χ4n) is 2.30. The van der Waals surface area contributed by atoms with Gasteiger partial charge < -0.3 is 10.2 Å². The van der Waals surface area contributed by atoms with E-state index < -0.39 is 11.6 Å². The highest BCUT2D eigenvalue weighted by molar-refractivity contribution is 5.93. The van der Waals surface area contributed by atoms with Crippen LogP contribution in [-0.4, -0.2) is 46.6 Å². The number of hydrogen-bond acceptors (Lipinski definition) is 5. The Morgan fingerprint density at radius 3 is 2.38 bits per heavy atom. The highest BCUT2D eigenvalue weighted by Crippen LogP contribution is 2.29.